The molecule has 0 saturated carbocycles. The molecule has 0 atom stereocenters. The molecular formula is C11H16ClN3O2. The molecule has 5 nitrogen and oxygen atoms in total. The van der Waals surface area contributed by atoms with E-state index in [0.717, 1.165) is 19.5 Å². The minimum absolute atomic E-state index is 0.0267. The highest BCUT2D eigenvalue weighted by molar-refractivity contribution is 6.33. The number of anilines is 1. The number of nitro benzene ring substituents is 1. The van der Waals surface area contributed by atoms with E-state index in [9.17, 15) is 10.1 Å². The third-order valence-electron chi connectivity index (χ3n) is 2.48. The minimum Gasteiger partial charge on any atom is -0.369 e. The van der Waals surface area contributed by atoms with Crippen LogP contribution in [-0.2, 0) is 0 Å². The van der Waals surface area contributed by atoms with Gasteiger partial charge in [-0.2, -0.15) is 0 Å². The van der Waals surface area contributed by atoms with Gasteiger partial charge in [-0.1, -0.05) is 17.7 Å². The SMILES string of the molecule is CNCCCN(C)c1cccc(Cl)c1[N+](=O)[O-]. The Morgan fingerprint density at radius 1 is 1.53 bits per heavy atom. The minimum atomic E-state index is -0.438. The second kappa shape index (κ2) is 6.42. The molecule has 0 spiro atoms. The Kier molecular flexibility index (Phi) is 5.18. The zero-order valence-electron chi connectivity index (χ0n) is 9.94. The van der Waals surface area contributed by atoms with E-state index in [1.165, 1.54) is 6.07 Å². The maximum Gasteiger partial charge on any atom is 0.310 e. The molecule has 1 aromatic rings. The van der Waals surface area contributed by atoms with Gasteiger partial charge in [0, 0.05) is 13.6 Å². The molecule has 1 aromatic carbocycles. The van der Waals surface area contributed by atoms with Crippen molar-refractivity contribution in [3.8, 4) is 0 Å². The molecule has 1 rings (SSSR count). The van der Waals surface area contributed by atoms with Crippen molar-refractivity contribution in [2.75, 3.05) is 32.1 Å². The predicted molar refractivity (Wildman–Crippen MR) is 69.9 cm³/mol. The fourth-order valence-corrected chi connectivity index (χ4v) is 1.84. The molecule has 17 heavy (non-hydrogen) atoms. The molecule has 0 bridgehead atoms. The van der Waals surface area contributed by atoms with Crippen LogP contribution >= 0.6 is 11.6 Å². The Morgan fingerprint density at radius 3 is 2.82 bits per heavy atom. The van der Waals surface area contributed by atoms with Crippen LogP contribution in [0, 0.1) is 10.1 Å². The number of benzene rings is 1. The Labute approximate surface area is 106 Å². The fraction of sp³-hybridized carbons (Fsp3) is 0.455. The summed E-state index contributed by atoms with van der Waals surface area (Å²) in [7, 11) is 3.70. The number of hydrogen-bond donors (Lipinski definition) is 1. The van der Waals surface area contributed by atoms with Crippen LogP contribution in [0.15, 0.2) is 18.2 Å². The number of nitrogens with one attached hydrogen (secondary N) is 1. The average Bonchev–Trinajstić information content (AvgIpc) is 2.28. The van der Waals surface area contributed by atoms with Crippen LogP contribution in [0.5, 0.6) is 0 Å². The van der Waals surface area contributed by atoms with Gasteiger partial charge in [0.25, 0.3) is 0 Å². The van der Waals surface area contributed by atoms with Crippen molar-refractivity contribution in [2.45, 2.75) is 6.42 Å². The third-order valence-corrected chi connectivity index (χ3v) is 2.78. The summed E-state index contributed by atoms with van der Waals surface area (Å²) in [5.74, 6) is 0. The molecule has 0 saturated heterocycles. The molecule has 0 aliphatic heterocycles. The summed E-state index contributed by atoms with van der Waals surface area (Å²) in [5, 5.41) is 14.2. The van der Waals surface area contributed by atoms with Gasteiger partial charge in [0.15, 0.2) is 0 Å². The second-order valence-corrected chi connectivity index (χ2v) is 4.15. The van der Waals surface area contributed by atoms with Crippen LogP contribution in [0.2, 0.25) is 5.02 Å². The Morgan fingerprint density at radius 2 is 2.24 bits per heavy atom. The Balaban J connectivity index is 2.89. The normalized spacial score (nSPS) is 10.3. The highest BCUT2D eigenvalue weighted by Gasteiger charge is 2.20. The lowest BCUT2D eigenvalue weighted by molar-refractivity contribution is -0.384. The predicted octanol–water partition coefficient (Wildman–Crippen LogP) is 2.29. The first-order valence-corrected chi connectivity index (χ1v) is 5.74. The van der Waals surface area contributed by atoms with Crippen molar-refractivity contribution in [3.05, 3.63) is 33.3 Å². The van der Waals surface area contributed by atoms with Gasteiger partial charge in [-0.15, -0.1) is 0 Å². The van der Waals surface area contributed by atoms with E-state index in [4.69, 9.17) is 11.6 Å². The lowest BCUT2D eigenvalue weighted by Crippen LogP contribution is -2.23. The van der Waals surface area contributed by atoms with Gasteiger partial charge in [-0.05, 0) is 32.1 Å². The van der Waals surface area contributed by atoms with Crippen molar-refractivity contribution in [3.63, 3.8) is 0 Å². The largest absolute Gasteiger partial charge is 0.369 e. The summed E-state index contributed by atoms with van der Waals surface area (Å²) in [4.78, 5) is 12.4. The Bertz CT molecular complexity index is 398. The lowest BCUT2D eigenvalue weighted by Gasteiger charge is -2.19. The number of halogens is 1. The molecule has 94 valence electrons. The number of para-hydroxylation sites is 1. The summed E-state index contributed by atoms with van der Waals surface area (Å²) in [6, 6.07) is 4.97. The quantitative estimate of drug-likeness (QED) is 0.483. The molecule has 0 fully saturated rings. The number of nitrogens with zero attached hydrogens (tertiary/aromatic N) is 2. The molecular weight excluding hydrogens is 242 g/mol. The lowest BCUT2D eigenvalue weighted by atomic mass is 10.2. The van der Waals surface area contributed by atoms with Crippen LogP contribution in [0.25, 0.3) is 0 Å². The molecule has 0 aliphatic carbocycles. The molecule has 0 heterocycles. The molecule has 0 aromatic heterocycles. The number of nitro groups is 1. The van der Waals surface area contributed by atoms with Crippen LogP contribution < -0.4 is 10.2 Å². The zero-order chi connectivity index (χ0) is 12.8. The molecule has 1 N–H and O–H groups in total. The maximum atomic E-state index is 11.0. The van der Waals surface area contributed by atoms with Crippen LogP contribution in [0.3, 0.4) is 0 Å². The van der Waals surface area contributed by atoms with E-state index in [2.05, 4.69) is 5.32 Å². The number of hydrogen-bond acceptors (Lipinski definition) is 4. The van der Waals surface area contributed by atoms with Crippen molar-refractivity contribution in [1.82, 2.24) is 5.32 Å². The van der Waals surface area contributed by atoms with Crippen LogP contribution in [0.4, 0.5) is 11.4 Å². The van der Waals surface area contributed by atoms with E-state index in [0.29, 0.717) is 5.69 Å². The standard InChI is InChI=1S/C11H16ClN3O2/c1-13-7-4-8-14(2)10-6-3-5-9(12)11(10)15(16)17/h3,5-6,13H,4,7-8H2,1-2H3. The van der Waals surface area contributed by atoms with Gasteiger partial charge >= 0.3 is 5.69 Å². The van der Waals surface area contributed by atoms with Crippen LogP contribution in [0.1, 0.15) is 6.42 Å². The van der Waals surface area contributed by atoms with Gasteiger partial charge < -0.3 is 10.2 Å². The molecule has 0 aliphatic rings. The monoisotopic (exact) mass is 257 g/mol. The topological polar surface area (TPSA) is 58.4 Å². The van der Waals surface area contributed by atoms with Crippen LogP contribution in [-0.4, -0.2) is 32.1 Å². The summed E-state index contributed by atoms with van der Waals surface area (Å²) < 4.78 is 0. The van der Waals surface area contributed by atoms with E-state index >= 15 is 0 Å². The third kappa shape index (κ3) is 3.57. The van der Waals surface area contributed by atoms with E-state index in [1.807, 2.05) is 19.0 Å². The second-order valence-electron chi connectivity index (χ2n) is 3.74. The van der Waals surface area contributed by atoms with E-state index < -0.39 is 4.92 Å². The van der Waals surface area contributed by atoms with Gasteiger partial charge in [0.1, 0.15) is 10.7 Å². The van der Waals surface area contributed by atoms with Gasteiger partial charge in [0.05, 0.1) is 4.92 Å². The van der Waals surface area contributed by atoms with Gasteiger partial charge in [-0.25, -0.2) is 0 Å². The molecule has 0 amide bonds. The summed E-state index contributed by atoms with van der Waals surface area (Å²) in [6.07, 6.45) is 0.913. The summed E-state index contributed by atoms with van der Waals surface area (Å²) >= 11 is 5.85. The average molecular weight is 258 g/mol. The van der Waals surface area contributed by atoms with Crippen molar-refractivity contribution < 1.29 is 4.92 Å². The fourth-order valence-electron chi connectivity index (χ4n) is 1.61. The summed E-state index contributed by atoms with van der Waals surface area (Å²) in [5.41, 5.74) is 0.528. The smallest absolute Gasteiger partial charge is 0.310 e. The highest BCUT2D eigenvalue weighted by atomic mass is 35.5. The molecule has 6 heteroatoms. The van der Waals surface area contributed by atoms with Crippen molar-refractivity contribution >= 4 is 23.0 Å². The van der Waals surface area contributed by atoms with E-state index in [1.54, 1.807) is 12.1 Å². The maximum absolute atomic E-state index is 11.0. The van der Waals surface area contributed by atoms with Crippen molar-refractivity contribution in [1.29, 1.82) is 0 Å². The van der Waals surface area contributed by atoms with E-state index in [-0.39, 0.29) is 10.7 Å². The number of rotatable bonds is 6. The highest BCUT2D eigenvalue weighted by Crippen LogP contribution is 2.34. The zero-order valence-corrected chi connectivity index (χ0v) is 10.7. The molecule has 0 unspecified atom stereocenters. The Hall–Kier alpha value is -1.33. The first-order chi connectivity index (χ1) is 8.07. The van der Waals surface area contributed by atoms with Crippen molar-refractivity contribution in [2.24, 2.45) is 0 Å². The molecule has 0 radical (unpaired) electrons. The summed E-state index contributed by atoms with van der Waals surface area (Å²) in [6.45, 7) is 1.61. The van der Waals surface area contributed by atoms with Gasteiger partial charge in [-0.3, -0.25) is 10.1 Å². The first kappa shape index (κ1) is 13.7. The van der Waals surface area contributed by atoms with Gasteiger partial charge in [0.2, 0.25) is 0 Å². The first-order valence-electron chi connectivity index (χ1n) is 5.36.